The first-order valence-electron chi connectivity index (χ1n) is 6.75. The van der Waals surface area contributed by atoms with Crippen LogP contribution in [-0.2, 0) is 6.42 Å². The maximum Gasteiger partial charge on any atom is 0.338 e. The molecular weight excluding hydrogens is 290 g/mol. The number of hydrogen-bond donors (Lipinski definition) is 1. The molecule has 0 bridgehead atoms. The predicted molar refractivity (Wildman–Crippen MR) is 79.9 cm³/mol. The summed E-state index contributed by atoms with van der Waals surface area (Å²) in [4.78, 5) is 26.1. The summed E-state index contributed by atoms with van der Waals surface area (Å²) in [7, 11) is 0. The van der Waals surface area contributed by atoms with Crippen LogP contribution in [0, 0.1) is 0 Å². The lowest BCUT2D eigenvalue weighted by atomic mass is 10.2. The van der Waals surface area contributed by atoms with Crippen LogP contribution in [0.1, 0.15) is 39.1 Å². The van der Waals surface area contributed by atoms with Crippen LogP contribution in [0.15, 0.2) is 34.3 Å². The van der Waals surface area contributed by atoms with Gasteiger partial charge in [0.2, 0.25) is 0 Å². The summed E-state index contributed by atoms with van der Waals surface area (Å²) in [6.45, 7) is 3.21. The molecule has 5 nitrogen and oxygen atoms in total. The van der Waals surface area contributed by atoms with E-state index in [1.807, 2.05) is 24.4 Å². The van der Waals surface area contributed by atoms with E-state index in [2.05, 4.69) is 0 Å². The summed E-state index contributed by atoms with van der Waals surface area (Å²) in [6, 6.07) is 5.30. The number of aromatic carboxylic acids is 1. The molecule has 0 fully saturated rings. The molecule has 0 spiro atoms. The normalized spacial score (nSPS) is 10.5. The second-order valence-corrected chi connectivity index (χ2v) is 5.66. The van der Waals surface area contributed by atoms with E-state index in [1.54, 1.807) is 16.2 Å². The molecule has 112 valence electrons. The minimum atomic E-state index is -1.10. The summed E-state index contributed by atoms with van der Waals surface area (Å²) >= 11 is 1.66. The summed E-state index contributed by atoms with van der Waals surface area (Å²) in [6.07, 6.45) is 2.72. The Bertz CT molecular complexity index is 603. The summed E-state index contributed by atoms with van der Waals surface area (Å²) < 4.78 is 5.08. The molecule has 1 amide bonds. The zero-order valence-electron chi connectivity index (χ0n) is 11.7. The molecule has 0 aliphatic rings. The van der Waals surface area contributed by atoms with E-state index in [0.29, 0.717) is 13.1 Å². The monoisotopic (exact) mass is 307 g/mol. The minimum absolute atomic E-state index is 0.00643. The van der Waals surface area contributed by atoms with Crippen LogP contribution in [0.4, 0.5) is 0 Å². The highest BCUT2D eigenvalue weighted by molar-refractivity contribution is 7.09. The van der Waals surface area contributed by atoms with Gasteiger partial charge in [-0.05, 0) is 24.3 Å². The van der Waals surface area contributed by atoms with Crippen molar-refractivity contribution in [3.8, 4) is 0 Å². The maximum absolute atomic E-state index is 12.4. The Labute approximate surface area is 126 Å². The lowest BCUT2D eigenvalue weighted by molar-refractivity contribution is 0.0693. The average molecular weight is 307 g/mol. The third-order valence-electron chi connectivity index (χ3n) is 3.05. The lowest BCUT2D eigenvalue weighted by Gasteiger charge is -2.20. The largest absolute Gasteiger partial charge is 0.478 e. The quantitative estimate of drug-likeness (QED) is 0.853. The van der Waals surface area contributed by atoms with Crippen molar-refractivity contribution >= 4 is 23.2 Å². The first kappa shape index (κ1) is 15.3. The Morgan fingerprint density at radius 2 is 2.19 bits per heavy atom. The van der Waals surface area contributed by atoms with Crippen molar-refractivity contribution in [3.63, 3.8) is 0 Å². The van der Waals surface area contributed by atoms with E-state index < -0.39 is 5.97 Å². The first-order valence-corrected chi connectivity index (χ1v) is 7.63. The Balaban J connectivity index is 2.05. The number of nitrogens with zero attached hydrogens (tertiary/aromatic N) is 1. The van der Waals surface area contributed by atoms with E-state index >= 15 is 0 Å². The number of furan rings is 1. The van der Waals surface area contributed by atoms with Crippen molar-refractivity contribution in [2.24, 2.45) is 0 Å². The van der Waals surface area contributed by atoms with Gasteiger partial charge in [0.05, 0.1) is 5.56 Å². The fourth-order valence-electron chi connectivity index (χ4n) is 2.00. The Morgan fingerprint density at radius 1 is 1.38 bits per heavy atom. The molecule has 1 N–H and O–H groups in total. The SMILES string of the molecule is CCCN(CCc1cccs1)C(=O)c1cc(C(=O)O)co1. The maximum atomic E-state index is 12.4. The number of carbonyl (C=O) groups excluding carboxylic acids is 1. The number of carbonyl (C=O) groups is 2. The molecule has 6 heteroatoms. The lowest BCUT2D eigenvalue weighted by Crippen LogP contribution is -2.33. The molecule has 0 aromatic carbocycles. The third-order valence-corrected chi connectivity index (χ3v) is 3.98. The van der Waals surface area contributed by atoms with Crippen molar-refractivity contribution in [1.82, 2.24) is 4.90 Å². The number of carboxylic acids is 1. The van der Waals surface area contributed by atoms with Crippen molar-refractivity contribution in [2.75, 3.05) is 13.1 Å². The summed E-state index contributed by atoms with van der Waals surface area (Å²) in [5.74, 6) is -1.29. The molecule has 0 atom stereocenters. The number of amides is 1. The van der Waals surface area contributed by atoms with Crippen molar-refractivity contribution < 1.29 is 19.1 Å². The van der Waals surface area contributed by atoms with E-state index in [-0.39, 0.29) is 17.2 Å². The van der Waals surface area contributed by atoms with Crippen molar-refractivity contribution in [2.45, 2.75) is 19.8 Å². The van der Waals surface area contributed by atoms with E-state index in [4.69, 9.17) is 9.52 Å². The molecule has 0 saturated carbocycles. The van der Waals surface area contributed by atoms with Gasteiger partial charge in [-0.2, -0.15) is 0 Å². The topological polar surface area (TPSA) is 70.8 Å². The predicted octanol–water partition coefficient (Wildman–Crippen LogP) is 3.13. The summed E-state index contributed by atoms with van der Waals surface area (Å²) in [5.41, 5.74) is -0.00643. The average Bonchev–Trinajstić information content (AvgIpc) is 3.13. The van der Waals surface area contributed by atoms with Crippen LogP contribution in [0.3, 0.4) is 0 Å². The van der Waals surface area contributed by atoms with Crippen molar-refractivity contribution in [3.05, 3.63) is 46.0 Å². The van der Waals surface area contributed by atoms with Gasteiger partial charge in [-0.15, -0.1) is 11.3 Å². The van der Waals surface area contributed by atoms with Crippen LogP contribution < -0.4 is 0 Å². The molecule has 0 aliphatic heterocycles. The molecule has 21 heavy (non-hydrogen) atoms. The van der Waals surface area contributed by atoms with E-state index in [9.17, 15) is 9.59 Å². The third kappa shape index (κ3) is 3.95. The fourth-order valence-corrected chi connectivity index (χ4v) is 2.70. The molecule has 0 unspecified atom stereocenters. The molecule has 2 aromatic heterocycles. The van der Waals surface area contributed by atoms with Crippen LogP contribution in [0.2, 0.25) is 0 Å². The minimum Gasteiger partial charge on any atom is -0.478 e. The zero-order valence-corrected chi connectivity index (χ0v) is 12.6. The van der Waals surface area contributed by atoms with Gasteiger partial charge in [-0.3, -0.25) is 4.79 Å². The number of hydrogen-bond acceptors (Lipinski definition) is 4. The highest BCUT2D eigenvalue weighted by atomic mass is 32.1. The number of rotatable bonds is 7. The van der Waals surface area contributed by atoms with Gasteiger partial charge in [-0.1, -0.05) is 13.0 Å². The van der Waals surface area contributed by atoms with Gasteiger partial charge in [-0.25, -0.2) is 4.79 Å². The number of thiophene rings is 1. The van der Waals surface area contributed by atoms with E-state index in [1.165, 1.54) is 10.9 Å². The van der Waals surface area contributed by atoms with Crippen LogP contribution in [-0.4, -0.2) is 35.0 Å². The highest BCUT2D eigenvalue weighted by Gasteiger charge is 2.20. The smallest absolute Gasteiger partial charge is 0.338 e. The fraction of sp³-hybridized carbons (Fsp3) is 0.333. The molecule has 0 radical (unpaired) electrons. The van der Waals surface area contributed by atoms with Gasteiger partial charge in [0.25, 0.3) is 5.91 Å². The number of carboxylic acid groups (broad SMARTS) is 1. The summed E-state index contributed by atoms with van der Waals surface area (Å²) in [5, 5.41) is 10.9. The van der Waals surface area contributed by atoms with Gasteiger partial charge in [0.1, 0.15) is 6.26 Å². The van der Waals surface area contributed by atoms with Gasteiger partial charge < -0.3 is 14.4 Å². The highest BCUT2D eigenvalue weighted by Crippen LogP contribution is 2.14. The van der Waals surface area contributed by atoms with Gasteiger partial charge in [0.15, 0.2) is 5.76 Å². The second-order valence-electron chi connectivity index (χ2n) is 4.63. The first-order chi connectivity index (χ1) is 10.1. The molecule has 2 aromatic rings. The Hall–Kier alpha value is -2.08. The molecule has 2 rings (SSSR count). The van der Waals surface area contributed by atoms with Gasteiger partial charge >= 0.3 is 5.97 Å². The Kier molecular flexibility index (Phi) is 5.16. The molecule has 0 aliphatic carbocycles. The Morgan fingerprint density at radius 3 is 2.76 bits per heavy atom. The van der Waals surface area contributed by atoms with E-state index in [0.717, 1.165) is 19.1 Å². The molecule has 2 heterocycles. The molecular formula is C15H17NO4S. The molecule has 0 saturated heterocycles. The second kappa shape index (κ2) is 7.08. The zero-order chi connectivity index (χ0) is 15.2. The van der Waals surface area contributed by atoms with Gasteiger partial charge in [0, 0.05) is 24.0 Å². The van der Waals surface area contributed by atoms with Crippen LogP contribution in [0.5, 0.6) is 0 Å². The van der Waals surface area contributed by atoms with Crippen LogP contribution in [0.25, 0.3) is 0 Å². The standard InChI is InChI=1S/C15H17NO4S/c1-2-6-16(7-5-12-4-3-8-21-12)14(17)13-9-11(10-20-13)15(18)19/h3-4,8-10H,2,5-7H2,1H3,(H,18,19). The van der Waals surface area contributed by atoms with Crippen LogP contribution >= 0.6 is 11.3 Å². The van der Waals surface area contributed by atoms with Crippen molar-refractivity contribution in [1.29, 1.82) is 0 Å².